The molecule has 1 fully saturated rings. The standard InChI is InChI=1S/C23H26N8O2/c1-4-30-19-20(27-22(30)29-12-7-10-24-11-13-29)28(3)23(33)31(21(19)32)14-18-25-15(2)16-8-5-6-9-17(16)26-18/h4-6,8-9,24H,1,7,10-14H2,2-3H3. The lowest BCUT2D eigenvalue weighted by molar-refractivity contribution is 0.635. The summed E-state index contributed by atoms with van der Waals surface area (Å²) in [6.07, 6.45) is 2.54. The molecule has 0 atom stereocenters. The number of nitrogens with one attached hydrogen (secondary N) is 1. The van der Waals surface area contributed by atoms with Crippen LogP contribution in [-0.4, -0.2) is 54.8 Å². The van der Waals surface area contributed by atoms with E-state index in [1.54, 1.807) is 17.8 Å². The van der Waals surface area contributed by atoms with Gasteiger partial charge in [0.25, 0.3) is 5.56 Å². The quantitative estimate of drug-likeness (QED) is 0.501. The Bertz CT molecular complexity index is 1490. The Morgan fingerprint density at radius 3 is 2.76 bits per heavy atom. The lowest BCUT2D eigenvalue weighted by Crippen LogP contribution is -2.40. The third-order valence-corrected chi connectivity index (χ3v) is 6.10. The summed E-state index contributed by atoms with van der Waals surface area (Å²) >= 11 is 0. The summed E-state index contributed by atoms with van der Waals surface area (Å²) in [4.78, 5) is 42.6. The number of anilines is 1. The van der Waals surface area contributed by atoms with Crippen molar-refractivity contribution in [2.24, 2.45) is 7.05 Å². The maximum Gasteiger partial charge on any atom is 0.332 e. The third-order valence-electron chi connectivity index (χ3n) is 6.10. The van der Waals surface area contributed by atoms with Crippen LogP contribution < -0.4 is 21.5 Å². The number of para-hydroxylation sites is 1. The number of aromatic nitrogens is 6. The van der Waals surface area contributed by atoms with E-state index in [0.29, 0.717) is 22.9 Å². The van der Waals surface area contributed by atoms with Gasteiger partial charge in [0, 0.05) is 44.0 Å². The Morgan fingerprint density at radius 1 is 1.12 bits per heavy atom. The van der Waals surface area contributed by atoms with Crippen molar-refractivity contribution in [3.8, 4) is 0 Å². The summed E-state index contributed by atoms with van der Waals surface area (Å²) in [7, 11) is 1.63. The minimum Gasteiger partial charge on any atom is -0.341 e. The van der Waals surface area contributed by atoms with Crippen molar-refractivity contribution < 1.29 is 0 Å². The smallest absolute Gasteiger partial charge is 0.332 e. The predicted octanol–water partition coefficient (Wildman–Crippen LogP) is 1.10. The molecule has 5 rings (SSSR count). The van der Waals surface area contributed by atoms with Gasteiger partial charge in [-0.3, -0.25) is 18.5 Å². The van der Waals surface area contributed by atoms with Crippen LogP contribution in [0.25, 0.3) is 28.3 Å². The number of benzene rings is 1. The molecule has 0 radical (unpaired) electrons. The monoisotopic (exact) mass is 446 g/mol. The molecule has 0 amide bonds. The zero-order chi connectivity index (χ0) is 23.1. The molecule has 4 heterocycles. The molecule has 0 unspecified atom stereocenters. The summed E-state index contributed by atoms with van der Waals surface area (Å²) in [5, 5.41) is 4.31. The summed E-state index contributed by atoms with van der Waals surface area (Å²) in [5.41, 5.74) is 1.34. The lowest BCUT2D eigenvalue weighted by atomic mass is 10.2. The molecule has 0 spiro atoms. The van der Waals surface area contributed by atoms with Gasteiger partial charge < -0.3 is 10.2 Å². The minimum absolute atomic E-state index is 0.0294. The number of rotatable bonds is 4. The van der Waals surface area contributed by atoms with Crippen molar-refractivity contribution in [2.75, 3.05) is 31.1 Å². The summed E-state index contributed by atoms with van der Waals surface area (Å²) in [6.45, 7) is 9.08. The van der Waals surface area contributed by atoms with Gasteiger partial charge >= 0.3 is 5.69 Å². The highest BCUT2D eigenvalue weighted by molar-refractivity contribution is 5.80. The molecule has 4 aromatic rings. The van der Waals surface area contributed by atoms with Crippen LogP contribution >= 0.6 is 0 Å². The van der Waals surface area contributed by atoms with Crippen molar-refractivity contribution >= 4 is 34.2 Å². The van der Waals surface area contributed by atoms with Crippen molar-refractivity contribution in [1.29, 1.82) is 0 Å². The van der Waals surface area contributed by atoms with E-state index in [9.17, 15) is 9.59 Å². The Hall–Kier alpha value is -3.79. The highest BCUT2D eigenvalue weighted by Crippen LogP contribution is 2.21. The van der Waals surface area contributed by atoms with Crippen LogP contribution in [0.4, 0.5) is 5.95 Å². The van der Waals surface area contributed by atoms with E-state index in [2.05, 4.69) is 31.7 Å². The largest absolute Gasteiger partial charge is 0.341 e. The second-order valence-electron chi connectivity index (χ2n) is 8.20. The van der Waals surface area contributed by atoms with E-state index in [1.165, 1.54) is 9.13 Å². The number of hydrogen-bond acceptors (Lipinski definition) is 7. The maximum atomic E-state index is 13.6. The van der Waals surface area contributed by atoms with E-state index >= 15 is 0 Å². The Kier molecular flexibility index (Phi) is 5.29. The molecule has 10 heteroatoms. The molecule has 0 aliphatic carbocycles. The topological polar surface area (TPSA) is 103 Å². The van der Waals surface area contributed by atoms with Crippen molar-refractivity contribution in [3.63, 3.8) is 0 Å². The molecule has 3 aromatic heterocycles. The fraction of sp³-hybridized carbons (Fsp3) is 0.348. The molecule has 33 heavy (non-hydrogen) atoms. The van der Waals surface area contributed by atoms with Gasteiger partial charge in [-0.25, -0.2) is 14.8 Å². The van der Waals surface area contributed by atoms with E-state index < -0.39 is 11.2 Å². The van der Waals surface area contributed by atoms with Gasteiger partial charge in [0.05, 0.1) is 12.1 Å². The van der Waals surface area contributed by atoms with E-state index in [1.807, 2.05) is 31.2 Å². The number of nitrogens with zero attached hydrogens (tertiary/aromatic N) is 7. The molecular weight excluding hydrogens is 420 g/mol. The molecule has 1 aliphatic heterocycles. The maximum absolute atomic E-state index is 13.6. The molecule has 10 nitrogen and oxygen atoms in total. The first-order chi connectivity index (χ1) is 16.0. The zero-order valence-corrected chi connectivity index (χ0v) is 18.8. The Balaban J connectivity index is 1.67. The fourth-order valence-electron chi connectivity index (χ4n) is 4.42. The minimum atomic E-state index is -0.459. The van der Waals surface area contributed by atoms with Crippen LogP contribution in [0.1, 0.15) is 17.9 Å². The molecule has 1 N–H and O–H groups in total. The first-order valence-corrected chi connectivity index (χ1v) is 11.0. The Morgan fingerprint density at radius 2 is 1.94 bits per heavy atom. The summed E-state index contributed by atoms with van der Waals surface area (Å²) in [5.74, 6) is 1.03. The normalized spacial score (nSPS) is 14.7. The molecule has 1 aliphatic rings. The average Bonchev–Trinajstić information content (AvgIpc) is 3.00. The third kappa shape index (κ3) is 3.52. The molecule has 170 valence electrons. The van der Waals surface area contributed by atoms with Crippen LogP contribution in [0, 0.1) is 6.92 Å². The van der Waals surface area contributed by atoms with Crippen molar-refractivity contribution in [2.45, 2.75) is 19.9 Å². The fourth-order valence-corrected chi connectivity index (χ4v) is 4.42. The summed E-state index contributed by atoms with van der Waals surface area (Å²) in [6, 6.07) is 7.68. The van der Waals surface area contributed by atoms with E-state index in [0.717, 1.165) is 49.2 Å². The number of imidazole rings is 1. The lowest BCUT2D eigenvalue weighted by Gasteiger charge is -2.20. The van der Waals surface area contributed by atoms with Gasteiger partial charge in [0.15, 0.2) is 11.2 Å². The SMILES string of the molecule is C=Cn1c(N2CCCNCC2)nc2c1c(=O)n(Cc1nc(C)c3ccccc3n1)c(=O)n2C. The number of aryl methyl sites for hydroxylation is 2. The Labute approximate surface area is 189 Å². The molecule has 0 bridgehead atoms. The van der Waals surface area contributed by atoms with Gasteiger partial charge in [-0.05, 0) is 26.0 Å². The van der Waals surface area contributed by atoms with Crippen LogP contribution in [-0.2, 0) is 13.6 Å². The average molecular weight is 447 g/mol. The number of hydrogen-bond donors (Lipinski definition) is 1. The van der Waals surface area contributed by atoms with E-state index in [-0.39, 0.29) is 6.54 Å². The van der Waals surface area contributed by atoms with Crippen LogP contribution in [0.3, 0.4) is 0 Å². The van der Waals surface area contributed by atoms with Crippen molar-refractivity contribution in [3.05, 3.63) is 63.2 Å². The molecule has 1 saturated heterocycles. The van der Waals surface area contributed by atoms with E-state index in [4.69, 9.17) is 0 Å². The van der Waals surface area contributed by atoms with Crippen LogP contribution in [0.2, 0.25) is 0 Å². The van der Waals surface area contributed by atoms with Gasteiger partial charge in [-0.1, -0.05) is 24.8 Å². The predicted molar refractivity (Wildman–Crippen MR) is 129 cm³/mol. The highest BCUT2D eigenvalue weighted by atomic mass is 16.2. The number of fused-ring (bicyclic) bond motifs is 2. The van der Waals surface area contributed by atoms with Gasteiger partial charge in [-0.15, -0.1) is 0 Å². The molecule has 1 aromatic carbocycles. The zero-order valence-electron chi connectivity index (χ0n) is 18.8. The van der Waals surface area contributed by atoms with Gasteiger partial charge in [0.2, 0.25) is 5.95 Å². The van der Waals surface area contributed by atoms with Crippen LogP contribution in [0.15, 0.2) is 40.4 Å². The van der Waals surface area contributed by atoms with Gasteiger partial charge in [-0.2, -0.15) is 4.98 Å². The second kappa shape index (κ2) is 8.28. The first kappa shape index (κ1) is 21.1. The first-order valence-electron chi connectivity index (χ1n) is 11.0. The summed E-state index contributed by atoms with van der Waals surface area (Å²) < 4.78 is 4.26. The van der Waals surface area contributed by atoms with Crippen molar-refractivity contribution in [1.82, 2.24) is 34.0 Å². The highest BCUT2D eigenvalue weighted by Gasteiger charge is 2.23. The van der Waals surface area contributed by atoms with Crippen LogP contribution in [0.5, 0.6) is 0 Å². The second-order valence-corrected chi connectivity index (χ2v) is 8.20. The van der Waals surface area contributed by atoms with Gasteiger partial charge in [0.1, 0.15) is 5.82 Å². The molecular formula is C23H26N8O2. The molecule has 0 saturated carbocycles.